The van der Waals surface area contributed by atoms with Crippen LogP contribution in [0.4, 0.5) is 5.82 Å². The van der Waals surface area contributed by atoms with Crippen molar-refractivity contribution in [1.82, 2.24) is 20.4 Å². The number of carbonyl (C=O) groups is 1. The molecule has 29 heavy (non-hydrogen) atoms. The zero-order chi connectivity index (χ0) is 20.1. The maximum atomic E-state index is 12.0. The van der Waals surface area contributed by atoms with Gasteiger partial charge in [-0.3, -0.25) is 4.79 Å². The van der Waals surface area contributed by atoms with Crippen LogP contribution in [-0.4, -0.2) is 40.7 Å². The van der Waals surface area contributed by atoms with E-state index in [4.69, 9.17) is 9.51 Å². The Balaban J connectivity index is 1.70. The highest BCUT2D eigenvalue weighted by atomic mass is 16.5. The minimum Gasteiger partial charge on any atom is -0.356 e. The number of benzene rings is 1. The summed E-state index contributed by atoms with van der Waals surface area (Å²) in [6.07, 6.45) is 5.93. The standard InChI is InChI=1S/C22H25N5O2/c1-2-13-23-18(28)12-11-17-24-21(27-14-7-4-8-15-27)19-20(26-29-22(19)25-17)16-9-5-3-6-10-16/h2-3,5-6,9-10H,1,4,7-8,11-15H2,(H,23,28). The van der Waals surface area contributed by atoms with Crippen molar-refractivity contribution in [3.8, 4) is 11.3 Å². The largest absolute Gasteiger partial charge is 0.356 e. The predicted molar refractivity (Wildman–Crippen MR) is 113 cm³/mol. The summed E-state index contributed by atoms with van der Waals surface area (Å²) in [7, 11) is 0. The van der Waals surface area contributed by atoms with Crippen LogP contribution in [0.3, 0.4) is 0 Å². The van der Waals surface area contributed by atoms with Gasteiger partial charge in [0, 0.05) is 38.0 Å². The predicted octanol–water partition coefficient (Wildman–Crippen LogP) is 3.51. The van der Waals surface area contributed by atoms with E-state index >= 15 is 0 Å². The number of aryl methyl sites for hydroxylation is 1. The smallest absolute Gasteiger partial charge is 0.263 e. The van der Waals surface area contributed by atoms with Crippen LogP contribution in [0, 0.1) is 0 Å². The van der Waals surface area contributed by atoms with Gasteiger partial charge in [0.2, 0.25) is 5.91 Å². The number of hydrogen-bond donors (Lipinski definition) is 1. The fourth-order valence-electron chi connectivity index (χ4n) is 3.62. The lowest BCUT2D eigenvalue weighted by Gasteiger charge is -2.28. The van der Waals surface area contributed by atoms with Gasteiger partial charge < -0.3 is 14.7 Å². The summed E-state index contributed by atoms with van der Waals surface area (Å²) in [6.45, 7) is 5.97. The summed E-state index contributed by atoms with van der Waals surface area (Å²) in [5.74, 6) is 1.41. The number of nitrogens with one attached hydrogen (secondary N) is 1. The van der Waals surface area contributed by atoms with E-state index < -0.39 is 0 Å². The van der Waals surface area contributed by atoms with E-state index in [1.54, 1.807) is 6.08 Å². The lowest BCUT2D eigenvalue weighted by Crippen LogP contribution is -2.30. The number of amides is 1. The molecule has 0 bridgehead atoms. The van der Waals surface area contributed by atoms with Gasteiger partial charge in [-0.15, -0.1) is 6.58 Å². The van der Waals surface area contributed by atoms with Gasteiger partial charge >= 0.3 is 0 Å². The first-order valence-corrected chi connectivity index (χ1v) is 10.1. The summed E-state index contributed by atoms with van der Waals surface area (Å²) in [5, 5.41) is 7.93. The third-order valence-electron chi connectivity index (χ3n) is 5.09. The minimum absolute atomic E-state index is 0.0457. The molecular formula is C22H25N5O2. The Morgan fingerprint density at radius 3 is 2.72 bits per heavy atom. The van der Waals surface area contributed by atoms with Gasteiger partial charge in [-0.05, 0) is 19.3 Å². The van der Waals surface area contributed by atoms with E-state index in [9.17, 15) is 4.79 Å². The molecule has 1 aliphatic rings. The molecule has 1 amide bonds. The normalized spacial score (nSPS) is 14.1. The van der Waals surface area contributed by atoms with Crippen molar-refractivity contribution in [1.29, 1.82) is 0 Å². The van der Waals surface area contributed by atoms with E-state index in [0.29, 0.717) is 30.9 Å². The highest BCUT2D eigenvalue weighted by molar-refractivity contribution is 5.98. The van der Waals surface area contributed by atoms with E-state index in [2.05, 4.69) is 26.9 Å². The Morgan fingerprint density at radius 2 is 1.97 bits per heavy atom. The maximum absolute atomic E-state index is 12.0. The van der Waals surface area contributed by atoms with Crippen molar-refractivity contribution in [3.63, 3.8) is 0 Å². The van der Waals surface area contributed by atoms with Crippen molar-refractivity contribution in [2.45, 2.75) is 32.1 Å². The van der Waals surface area contributed by atoms with Crippen molar-refractivity contribution in [2.24, 2.45) is 0 Å². The number of nitrogens with zero attached hydrogens (tertiary/aromatic N) is 4. The number of fused-ring (bicyclic) bond motifs is 1. The molecule has 0 aliphatic carbocycles. The second-order valence-electron chi connectivity index (χ2n) is 7.18. The number of hydrogen-bond acceptors (Lipinski definition) is 6. The van der Waals surface area contributed by atoms with E-state index in [1.165, 1.54) is 6.42 Å². The second kappa shape index (κ2) is 8.86. The molecule has 1 aliphatic heterocycles. The topological polar surface area (TPSA) is 84.2 Å². The number of rotatable bonds is 7. The zero-order valence-corrected chi connectivity index (χ0v) is 16.4. The van der Waals surface area contributed by atoms with Gasteiger partial charge in [-0.1, -0.05) is 41.6 Å². The molecule has 0 saturated carbocycles. The second-order valence-corrected chi connectivity index (χ2v) is 7.18. The van der Waals surface area contributed by atoms with Gasteiger partial charge in [-0.2, -0.15) is 4.98 Å². The number of piperidine rings is 1. The summed E-state index contributed by atoms with van der Waals surface area (Å²) in [4.78, 5) is 23.7. The quantitative estimate of drug-likeness (QED) is 0.621. The molecule has 0 atom stereocenters. The third kappa shape index (κ3) is 4.29. The first kappa shape index (κ1) is 19.1. The van der Waals surface area contributed by atoms with Gasteiger partial charge in [-0.25, -0.2) is 4.98 Å². The Hall–Kier alpha value is -3.22. The molecule has 150 valence electrons. The van der Waals surface area contributed by atoms with E-state index in [0.717, 1.165) is 48.4 Å². The summed E-state index contributed by atoms with van der Waals surface area (Å²) < 4.78 is 5.61. The SMILES string of the molecule is C=CCNC(=O)CCc1nc(N2CCCCC2)c2c(-c3ccccc3)noc2n1. The molecule has 3 heterocycles. The van der Waals surface area contributed by atoms with E-state index in [-0.39, 0.29) is 5.91 Å². The number of carbonyl (C=O) groups excluding carboxylic acids is 1. The van der Waals surface area contributed by atoms with Crippen LogP contribution < -0.4 is 10.2 Å². The molecule has 1 aromatic carbocycles. The van der Waals surface area contributed by atoms with Crippen molar-refractivity contribution in [2.75, 3.05) is 24.5 Å². The van der Waals surface area contributed by atoms with Crippen molar-refractivity contribution >= 4 is 22.8 Å². The molecule has 4 rings (SSSR count). The summed E-state index contributed by atoms with van der Waals surface area (Å²) >= 11 is 0. The molecule has 1 N–H and O–H groups in total. The molecule has 1 fully saturated rings. The van der Waals surface area contributed by atoms with Gasteiger partial charge in [0.1, 0.15) is 22.7 Å². The first-order valence-electron chi connectivity index (χ1n) is 10.1. The highest BCUT2D eigenvalue weighted by Crippen LogP contribution is 2.34. The van der Waals surface area contributed by atoms with Gasteiger partial charge in [0.15, 0.2) is 0 Å². The molecule has 0 spiro atoms. The Morgan fingerprint density at radius 1 is 1.17 bits per heavy atom. The fourth-order valence-corrected chi connectivity index (χ4v) is 3.62. The van der Waals surface area contributed by atoms with Crippen molar-refractivity contribution in [3.05, 3.63) is 48.8 Å². The third-order valence-corrected chi connectivity index (χ3v) is 5.09. The minimum atomic E-state index is -0.0457. The summed E-state index contributed by atoms with van der Waals surface area (Å²) in [6, 6.07) is 9.95. The van der Waals surface area contributed by atoms with E-state index in [1.807, 2.05) is 30.3 Å². The number of aromatic nitrogens is 3. The Kier molecular flexibility index (Phi) is 5.84. The average molecular weight is 391 g/mol. The first-order chi connectivity index (χ1) is 14.3. The Bertz CT molecular complexity index is 993. The molecule has 7 heteroatoms. The molecular weight excluding hydrogens is 366 g/mol. The average Bonchev–Trinajstić information content (AvgIpc) is 3.21. The molecule has 7 nitrogen and oxygen atoms in total. The molecule has 0 radical (unpaired) electrons. The lowest BCUT2D eigenvalue weighted by atomic mass is 10.1. The van der Waals surface area contributed by atoms with Crippen LogP contribution >= 0.6 is 0 Å². The fraction of sp³-hybridized carbons (Fsp3) is 0.364. The number of anilines is 1. The van der Waals surface area contributed by atoms with Crippen LogP contribution in [0.2, 0.25) is 0 Å². The Labute approximate surface area is 169 Å². The molecule has 0 unspecified atom stereocenters. The van der Waals surface area contributed by atoms with Crippen LogP contribution in [0.15, 0.2) is 47.5 Å². The zero-order valence-electron chi connectivity index (χ0n) is 16.4. The molecule has 1 saturated heterocycles. The van der Waals surface area contributed by atoms with Crippen LogP contribution in [-0.2, 0) is 11.2 Å². The summed E-state index contributed by atoms with van der Waals surface area (Å²) in [5.41, 5.74) is 2.21. The monoisotopic (exact) mass is 391 g/mol. The lowest BCUT2D eigenvalue weighted by molar-refractivity contribution is -0.120. The highest BCUT2D eigenvalue weighted by Gasteiger charge is 2.23. The van der Waals surface area contributed by atoms with Gasteiger partial charge in [0.05, 0.1) is 0 Å². The molecule has 3 aromatic rings. The van der Waals surface area contributed by atoms with Gasteiger partial charge in [0.25, 0.3) is 5.71 Å². The van der Waals surface area contributed by atoms with Crippen LogP contribution in [0.1, 0.15) is 31.5 Å². The van der Waals surface area contributed by atoms with Crippen LogP contribution in [0.5, 0.6) is 0 Å². The van der Waals surface area contributed by atoms with Crippen LogP contribution in [0.25, 0.3) is 22.4 Å². The maximum Gasteiger partial charge on any atom is 0.263 e. The molecule has 2 aromatic heterocycles. The van der Waals surface area contributed by atoms with Crippen molar-refractivity contribution < 1.29 is 9.32 Å².